The normalized spacial score (nSPS) is 11.7. The van der Waals surface area contributed by atoms with Crippen molar-refractivity contribution in [2.45, 2.75) is 0 Å². The van der Waals surface area contributed by atoms with Crippen LogP contribution in [-0.2, 0) is 0 Å². The first-order valence-electron chi connectivity index (χ1n) is 22.1. The van der Waals surface area contributed by atoms with Crippen molar-refractivity contribution in [2.24, 2.45) is 0 Å². The van der Waals surface area contributed by atoms with Gasteiger partial charge in [-0.2, -0.15) is 0 Å². The highest BCUT2D eigenvalue weighted by Gasteiger charge is 2.11. The highest BCUT2D eigenvalue weighted by atomic mass is 15.1. The van der Waals surface area contributed by atoms with Crippen LogP contribution in [0.15, 0.2) is 280 Å². The van der Waals surface area contributed by atoms with Crippen LogP contribution in [0.5, 0.6) is 0 Å². The van der Waals surface area contributed by atoms with Gasteiger partial charge in [0.05, 0.1) is 0 Å². The van der Waals surface area contributed by atoms with Crippen LogP contribution in [0.3, 0.4) is 0 Å². The van der Waals surface area contributed by atoms with Crippen molar-refractivity contribution in [1.82, 2.24) is 0 Å². The summed E-state index contributed by atoms with van der Waals surface area (Å²) in [5.41, 5.74) is 17.3. The van der Waals surface area contributed by atoms with Gasteiger partial charge in [0.15, 0.2) is 0 Å². The van der Waals surface area contributed by atoms with Crippen LogP contribution < -0.4 is 4.90 Å². The molecule has 0 aliphatic rings. The number of anilines is 2. The number of rotatable bonds is 14. The molecule has 0 aliphatic carbocycles. The van der Waals surface area contributed by atoms with Gasteiger partial charge in [-0.15, -0.1) is 0 Å². The Morgan fingerprint density at radius 1 is 0.385 bits per heavy atom. The summed E-state index contributed by atoms with van der Waals surface area (Å²) >= 11 is 0. The molecule has 9 aromatic carbocycles. The van der Waals surface area contributed by atoms with Crippen LogP contribution in [0.4, 0.5) is 11.4 Å². The van der Waals surface area contributed by atoms with Crippen LogP contribution in [0.1, 0.15) is 11.1 Å². The molecule has 1 nitrogen and oxygen atoms in total. The second-order valence-electron chi connectivity index (χ2n) is 15.8. The standard InChI is InChI=1S/C64H49N/c1-3-5-6-9-22-57-36-37-59(47-64(57)56-20-12-8-13-21-56)54-40-44-61(45-41-54)65(60-42-38-53(39-43-60)52-30-28-51(29-31-52)49-18-10-7-11-19-49)46-17-25-48(4-2)50-32-34-58(35-33-50)63-27-16-24-55-23-14-15-26-62(55)63/h3-47H,1-2H2/b6-5-,22-9+,46-17+,48-25+. The first-order chi connectivity index (χ1) is 32.1. The summed E-state index contributed by atoms with van der Waals surface area (Å²) in [6.07, 6.45) is 18.3. The van der Waals surface area contributed by atoms with E-state index in [9.17, 15) is 0 Å². The molecule has 310 valence electrons. The van der Waals surface area contributed by atoms with E-state index in [-0.39, 0.29) is 0 Å². The average Bonchev–Trinajstić information content (AvgIpc) is 3.38. The van der Waals surface area contributed by atoms with Crippen molar-refractivity contribution in [1.29, 1.82) is 0 Å². The number of hydrogen-bond donors (Lipinski definition) is 0. The minimum absolute atomic E-state index is 1.04. The van der Waals surface area contributed by atoms with E-state index >= 15 is 0 Å². The zero-order valence-electron chi connectivity index (χ0n) is 36.3. The van der Waals surface area contributed by atoms with Gasteiger partial charge in [0.1, 0.15) is 0 Å². The zero-order valence-corrected chi connectivity index (χ0v) is 36.3. The molecule has 0 radical (unpaired) electrons. The lowest BCUT2D eigenvalue weighted by atomic mass is 9.94. The van der Waals surface area contributed by atoms with Gasteiger partial charge in [0.2, 0.25) is 0 Å². The minimum Gasteiger partial charge on any atom is -0.317 e. The number of nitrogens with zero attached hydrogens (tertiary/aromatic N) is 1. The Labute approximate surface area is 384 Å². The lowest BCUT2D eigenvalue weighted by molar-refractivity contribution is 1.28. The molecule has 0 heterocycles. The van der Waals surface area contributed by atoms with E-state index in [2.05, 4.69) is 267 Å². The van der Waals surface area contributed by atoms with Gasteiger partial charge < -0.3 is 4.90 Å². The average molecular weight is 832 g/mol. The van der Waals surface area contributed by atoms with E-state index in [0.717, 1.165) is 44.8 Å². The van der Waals surface area contributed by atoms with E-state index in [1.165, 1.54) is 49.7 Å². The molecule has 1 heteroatoms. The van der Waals surface area contributed by atoms with Crippen molar-refractivity contribution in [3.63, 3.8) is 0 Å². The van der Waals surface area contributed by atoms with Gasteiger partial charge in [-0.1, -0.05) is 244 Å². The van der Waals surface area contributed by atoms with Gasteiger partial charge in [0, 0.05) is 17.6 Å². The smallest absolute Gasteiger partial charge is 0.0455 e. The Bertz CT molecular complexity index is 3160. The Morgan fingerprint density at radius 2 is 0.892 bits per heavy atom. The highest BCUT2D eigenvalue weighted by molar-refractivity contribution is 5.97. The van der Waals surface area contributed by atoms with Gasteiger partial charge >= 0.3 is 0 Å². The number of allylic oxidation sites excluding steroid dienone is 8. The molecule has 65 heavy (non-hydrogen) atoms. The van der Waals surface area contributed by atoms with Gasteiger partial charge in [-0.05, 0) is 120 Å². The lowest BCUT2D eigenvalue weighted by Crippen LogP contribution is -2.08. The third kappa shape index (κ3) is 9.76. The molecule has 0 fully saturated rings. The van der Waals surface area contributed by atoms with Crippen LogP contribution in [0.25, 0.3) is 78.1 Å². The molecular formula is C64H49N. The van der Waals surface area contributed by atoms with Crippen molar-refractivity contribution in [2.75, 3.05) is 4.90 Å². The van der Waals surface area contributed by atoms with E-state index in [1.54, 1.807) is 6.08 Å². The Kier molecular flexibility index (Phi) is 12.9. The molecule has 0 aromatic heterocycles. The van der Waals surface area contributed by atoms with Gasteiger partial charge in [-0.3, -0.25) is 0 Å². The lowest BCUT2D eigenvalue weighted by Gasteiger charge is -2.22. The van der Waals surface area contributed by atoms with Crippen LogP contribution in [-0.4, -0.2) is 0 Å². The predicted molar refractivity (Wildman–Crippen MR) is 282 cm³/mol. The predicted octanol–water partition coefficient (Wildman–Crippen LogP) is 17.9. The molecule has 9 rings (SSSR count). The third-order valence-corrected chi connectivity index (χ3v) is 11.8. The maximum Gasteiger partial charge on any atom is 0.0455 e. The Morgan fingerprint density at radius 3 is 1.52 bits per heavy atom. The fraction of sp³-hybridized carbons (Fsp3) is 0. The van der Waals surface area contributed by atoms with Crippen LogP contribution in [0.2, 0.25) is 0 Å². The molecule has 0 amide bonds. The van der Waals surface area contributed by atoms with E-state index in [4.69, 9.17) is 0 Å². The summed E-state index contributed by atoms with van der Waals surface area (Å²) in [5, 5.41) is 2.49. The van der Waals surface area contributed by atoms with Crippen molar-refractivity contribution in [3.8, 4) is 55.6 Å². The maximum absolute atomic E-state index is 4.20. The highest BCUT2D eigenvalue weighted by Crippen LogP contribution is 2.35. The monoisotopic (exact) mass is 831 g/mol. The van der Waals surface area contributed by atoms with Crippen molar-refractivity contribution < 1.29 is 0 Å². The molecule has 0 unspecified atom stereocenters. The SMILES string of the molecule is C=C/C=C\C=C\c1ccc(-c2ccc(N(/C=C/C=C(\C=C)c3ccc(-c4cccc5ccccc45)cc3)c3ccc(-c4ccc(-c5ccccc5)cc4)cc3)cc2)cc1-c1ccccc1. The molecule has 0 saturated carbocycles. The topological polar surface area (TPSA) is 3.24 Å². The summed E-state index contributed by atoms with van der Waals surface area (Å²) < 4.78 is 0. The molecule has 0 bridgehead atoms. The van der Waals surface area contributed by atoms with Crippen molar-refractivity contribution in [3.05, 3.63) is 291 Å². The minimum atomic E-state index is 1.04. The van der Waals surface area contributed by atoms with E-state index < -0.39 is 0 Å². The Hall–Kier alpha value is -8.52. The number of hydrogen-bond acceptors (Lipinski definition) is 1. The van der Waals surface area contributed by atoms with Crippen LogP contribution >= 0.6 is 0 Å². The quantitative estimate of drug-likeness (QED) is 0.0987. The molecule has 0 spiro atoms. The van der Waals surface area contributed by atoms with Gasteiger partial charge in [0.25, 0.3) is 0 Å². The summed E-state index contributed by atoms with van der Waals surface area (Å²) in [5.74, 6) is 0. The third-order valence-electron chi connectivity index (χ3n) is 11.8. The van der Waals surface area contributed by atoms with E-state index in [0.29, 0.717) is 0 Å². The maximum atomic E-state index is 4.20. The molecule has 0 atom stereocenters. The largest absolute Gasteiger partial charge is 0.317 e. The molecule has 0 aliphatic heterocycles. The molecule has 0 saturated heterocycles. The molecule has 9 aromatic rings. The number of fused-ring (bicyclic) bond motifs is 1. The fourth-order valence-electron chi connectivity index (χ4n) is 8.32. The Balaban J connectivity index is 1.03. The van der Waals surface area contributed by atoms with E-state index in [1.807, 2.05) is 18.2 Å². The van der Waals surface area contributed by atoms with Crippen LogP contribution in [0, 0.1) is 0 Å². The molecular weight excluding hydrogens is 783 g/mol. The molecule has 0 N–H and O–H groups in total. The first-order valence-corrected chi connectivity index (χ1v) is 22.1. The first kappa shape index (κ1) is 41.8. The summed E-state index contributed by atoms with van der Waals surface area (Å²) in [7, 11) is 0. The summed E-state index contributed by atoms with van der Waals surface area (Å²) in [4.78, 5) is 2.24. The van der Waals surface area contributed by atoms with Crippen molar-refractivity contribution >= 4 is 33.8 Å². The van der Waals surface area contributed by atoms with Gasteiger partial charge in [-0.25, -0.2) is 0 Å². The second kappa shape index (κ2) is 20.1. The summed E-state index contributed by atoms with van der Waals surface area (Å²) in [6, 6.07) is 78.1. The fourth-order valence-corrected chi connectivity index (χ4v) is 8.32. The second-order valence-corrected chi connectivity index (χ2v) is 15.8. The summed E-state index contributed by atoms with van der Waals surface area (Å²) in [6.45, 7) is 7.99. The number of benzene rings is 9. The zero-order chi connectivity index (χ0) is 44.2.